The van der Waals surface area contributed by atoms with Crippen molar-refractivity contribution >= 4 is 34.2 Å². The van der Waals surface area contributed by atoms with Gasteiger partial charge in [0.25, 0.3) is 0 Å². The SMILES string of the molecule is Cc1cc(-c2nc(Nc3ccc(SO)cc3)sc2CO)cc(C)n1. The van der Waals surface area contributed by atoms with Crippen LogP contribution in [0.1, 0.15) is 16.3 Å². The molecule has 0 unspecified atom stereocenters. The molecule has 0 aliphatic heterocycles. The first-order chi connectivity index (χ1) is 11.6. The molecule has 7 heteroatoms. The van der Waals surface area contributed by atoms with Gasteiger partial charge in [-0.3, -0.25) is 4.98 Å². The third-order valence-corrected chi connectivity index (χ3v) is 4.85. The molecule has 0 fully saturated rings. The molecular weight excluding hydrogens is 342 g/mol. The van der Waals surface area contributed by atoms with Crippen LogP contribution in [0, 0.1) is 13.8 Å². The largest absolute Gasteiger partial charge is 0.391 e. The lowest BCUT2D eigenvalue weighted by molar-refractivity contribution is 0.286. The number of thiazole rings is 1. The molecule has 0 bridgehead atoms. The van der Waals surface area contributed by atoms with E-state index in [0.717, 1.165) is 38.1 Å². The van der Waals surface area contributed by atoms with Crippen molar-refractivity contribution < 1.29 is 9.66 Å². The number of aryl methyl sites for hydroxylation is 2. The van der Waals surface area contributed by atoms with Gasteiger partial charge in [0, 0.05) is 39.6 Å². The van der Waals surface area contributed by atoms with Crippen molar-refractivity contribution in [1.29, 1.82) is 0 Å². The fraction of sp³-hybridized carbons (Fsp3) is 0.176. The maximum absolute atomic E-state index is 9.66. The summed E-state index contributed by atoms with van der Waals surface area (Å²) in [5.41, 5.74) is 4.46. The molecule has 0 aliphatic carbocycles. The Morgan fingerprint density at radius 3 is 2.33 bits per heavy atom. The van der Waals surface area contributed by atoms with Gasteiger partial charge in [0.2, 0.25) is 0 Å². The van der Waals surface area contributed by atoms with Crippen molar-refractivity contribution in [3.05, 3.63) is 52.7 Å². The zero-order chi connectivity index (χ0) is 17.1. The highest BCUT2D eigenvalue weighted by atomic mass is 32.2. The van der Waals surface area contributed by atoms with Crippen molar-refractivity contribution in [3.8, 4) is 11.3 Å². The van der Waals surface area contributed by atoms with E-state index in [9.17, 15) is 5.11 Å². The van der Waals surface area contributed by atoms with E-state index < -0.39 is 0 Å². The fourth-order valence-electron chi connectivity index (χ4n) is 2.43. The summed E-state index contributed by atoms with van der Waals surface area (Å²) in [6.45, 7) is 3.83. The van der Waals surface area contributed by atoms with E-state index in [4.69, 9.17) is 4.55 Å². The van der Waals surface area contributed by atoms with Gasteiger partial charge in [0.05, 0.1) is 17.2 Å². The number of aliphatic hydroxyl groups excluding tert-OH is 1. The van der Waals surface area contributed by atoms with Crippen molar-refractivity contribution in [1.82, 2.24) is 9.97 Å². The van der Waals surface area contributed by atoms with Crippen molar-refractivity contribution in [2.75, 3.05) is 5.32 Å². The van der Waals surface area contributed by atoms with Gasteiger partial charge in [-0.25, -0.2) is 4.98 Å². The molecule has 2 aromatic heterocycles. The van der Waals surface area contributed by atoms with Crippen LogP contribution in [0.2, 0.25) is 0 Å². The van der Waals surface area contributed by atoms with Crippen LogP contribution >= 0.6 is 23.4 Å². The zero-order valence-corrected chi connectivity index (χ0v) is 14.9. The van der Waals surface area contributed by atoms with Crippen LogP contribution in [0.4, 0.5) is 10.8 Å². The highest BCUT2D eigenvalue weighted by Crippen LogP contribution is 2.33. The average molecular weight is 359 g/mol. The molecule has 0 saturated carbocycles. The Morgan fingerprint density at radius 1 is 1.08 bits per heavy atom. The van der Waals surface area contributed by atoms with Gasteiger partial charge in [0.15, 0.2) is 5.13 Å². The maximum atomic E-state index is 9.66. The second-order valence-corrected chi connectivity index (χ2v) is 7.07. The molecule has 3 rings (SSSR count). The predicted octanol–water partition coefficient (Wildman–Crippen LogP) is 4.62. The first-order valence-corrected chi connectivity index (χ1v) is 8.93. The average Bonchev–Trinajstić information content (AvgIpc) is 2.97. The van der Waals surface area contributed by atoms with Crippen molar-refractivity contribution in [3.63, 3.8) is 0 Å². The van der Waals surface area contributed by atoms with Crippen LogP contribution in [-0.4, -0.2) is 19.6 Å². The van der Waals surface area contributed by atoms with E-state index in [1.54, 1.807) is 0 Å². The van der Waals surface area contributed by atoms with Crippen molar-refractivity contribution in [2.24, 2.45) is 0 Å². The van der Waals surface area contributed by atoms with Crippen LogP contribution in [-0.2, 0) is 6.61 Å². The topological polar surface area (TPSA) is 78.3 Å². The van der Waals surface area contributed by atoms with E-state index in [1.807, 2.05) is 50.2 Å². The molecule has 0 saturated heterocycles. The van der Waals surface area contributed by atoms with E-state index in [-0.39, 0.29) is 6.61 Å². The summed E-state index contributed by atoms with van der Waals surface area (Å²) in [6, 6.07) is 11.3. The number of hydrogen-bond donors (Lipinski definition) is 3. The molecule has 0 aliphatic rings. The first-order valence-electron chi connectivity index (χ1n) is 7.34. The van der Waals surface area contributed by atoms with Gasteiger partial charge < -0.3 is 15.0 Å². The molecule has 0 spiro atoms. The summed E-state index contributed by atoms with van der Waals surface area (Å²) in [4.78, 5) is 10.6. The fourth-order valence-corrected chi connectivity index (χ4v) is 3.55. The van der Waals surface area contributed by atoms with E-state index >= 15 is 0 Å². The molecule has 0 radical (unpaired) electrons. The smallest absolute Gasteiger partial charge is 0.188 e. The lowest BCUT2D eigenvalue weighted by atomic mass is 10.1. The number of anilines is 2. The molecule has 1 aromatic carbocycles. The minimum Gasteiger partial charge on any atom is -0.391 e. The zero-order valence-electron chi connectivity index (χ0n) is 13.3. The highest BCUT2D eigenvalue weighted by Gasteiger charge is 2.14. The molecule has 5 nitrogen and oxygen atoms in total. The third-order valence-electron chi connectivity index (χ3n) is 3.41. The highest BCUT2D eigenvalue weighted by molar-refractivity contribution is 7.93. The standard InChI is InChI=1S/C17H17N3O2S2/c1-10-7-12(8-11(2)18-10)16-15(9-21)23-17(20-16)19-13-3-5-14(24-22)6-4-13/h3-8,21-22H,9H2,1-2H3,(H,19,20). The summed E-state index contributed by atoms with van der Waals surface area (Å²) in [7, 11) is 0. The second-order valence-electron chi connectivity index (χ2n) is 5.33. The Hall–Kier alpha value is -1.93. The summed E-state index contributed by atoms with van der Waals surface area (Å²) >= 11 is 2.14. The summed E-state index contributed by atoms with van der Waals surface area (Å²) < 4.78 is 9.01. The van der Waals surface area contributed by atoms with Gasteiger partial charge in [-0.1, -0.05) is 11.3 Å². The Balaban J connectivity index is 1.91. The molecule has 3 N–H and O–H groups in total. The van der Waals surface area contributed by atoms with Gasteiger partial charge in [-0.15, -0.1) is 0 Å². The van der Waals surface area contributed by atoms with E-state index in [0.29, 0.717) is 17.2 Å². The van der Waals surface area contributed by atoms with E-state index in [2.05, 4.69) is 15.3 Å². The minimum absolute atomic E-state index is 0.0603. The predicted molar refractivity (Wildman–Crippen MR) is 99.0 cm³/mol. The van der Waals surface area contributed by atoms with Crippen LogP contribution in [0.15, 0.2) is 41.3 Å². The summed E-state index contributed by atoms with van der Waals surface area (Å²) in [5, 5.41) is 13.6. The van der Waals surface area contributed by atoms with Gasteiger partial charge >= 0.3 is 0 Å². The van der Waals surface area contributed by atoms with Crippen molar-refractivity contribution in [2.45, 2.75) is 25.3 Å². The molecule has 0 amide bonds. The lowest BCUT2D eigenvalue weighted by Crippen LogP contribution is -1.92. The van der Waals surface area contributed by atoms with Gasteiger partial charge in [-0.05, 0) is 50.2 Å². The molecule has 2 heterocycles. The third kappa shape index (κ3) is 3.76. The quantitative estimate of drug-likeness (QED) is 0.577. The Morgan fingerprint density at radius 2 is 1.75 bits per heavy atom. The Labute approximate surface area is 148 Å². The number of pyridine rings is 1. The van der Waals surface area contributed by atoms with Crippen LogP contribution < -0.4 is 5.32 Å². The van der Waals surface area contributed by atoms with Crippen LogP contribution in [0.25, 0.3) is 11.3 Å². The van der Waals surface area contributed by atoms with E-state index in [1.165, 1.54) is 11.3 Å². The molecule has 0 atom stereocenters. The maximum Gasteiger partial charge on any atom is 0.188 e. The number of aromatic nitrogens is 2. The number of aliphatic hydroxyl groups is 1. The molecule has 24 heavy (non-hydrogen) atoms. The number of benzene rings is 1. The number of hydrogen-bond acceptors (Lipinski definition) is 7. The van der Waals surface area contributed by atoms with Crippen LogP contribution in [0.5, 0.6) is 0 Å². The lowest BCUT2D eigenvalue weighted by Gasteiger charge is -2.04. The Bertz CT molecular complexity index is 827. The van der Waals surface area contributed by atoms with Crippen LogP contribution in [0.3, 0.4) is 0 Å². The molecular formula is C17H17N3O2S2. The first kappa shape index (κ1) is 16.9. The van der Waals surface area contributed by atoms with Gasteiger partial charge in [-0.2, -0.15) is 0 Å². The second kappa shape index (κ2) is 7.31. The molecule has 3 aromatic rings. The number of nitrogens with one attached hydrogen (secondary N) is 1. The monoisotopic (exact) mass is 359 g/mol. The summed E-state index contributed by atoms with van der Waals surface area (Å²) in [6.07, 6.45) is 0. The normalized spacial score (nSPS) is 10.8. The van der Waals surface area contributed by atoms with Gasteiger partial charge in [0.1, 0.15) is 0 Å². The Kier molecular flexibility index (Phi) is 5.15. The molecule has 124 valence electrons. The minimum atomic E-state index is -0.0603. The summed E-state index contributed by atoms with van der Waals surface area (Å²) in [5.74, 6) is 0. The number of rotatable bonds is 5. The number of nitrogens with zero attached hydrogens (tertiary/aromatic N) is 2.